The number of halogens is 1. The number of hydrogen-bond acceptors (Lipinski definition) is 3. The summed E-state index contributed by atoms with van der Waals surface area (Å²) in [5.41, 5.74) is 1.70. The molecule has 3 N–H and O–H groups in total. The molecule has 1 atom stereocenters. The van der Waals surface area contributed by atoms with Crippen LogP contribution >= 0.6 is 28.1 Å². The van der Waals surface area contributed by atoms with Gasteiger partial charge in [-0.2, -0.15) is 0 Å². The molecule has 0 saturated carbocycles. The van der Waals surface area contributed by atoms with E-state index in [-0.39, 0.29) is 22.3 Å². The number of rotatable bonds is 3. The molecule has 0 unspecified atom stereocenters. The van der Waals surface area contributed by atoms with Gasteiger partial charge in [0.05, 0.1) is 16.9 Å². The molecule has 0 aliphatic carbocycles. The van der Waals surface area contributed by atoms with Crippen LogP contribution in [0.3, 0.4) is 0 Å². The average molecular weight is 404 g/mol. The normalized spacial score (nSPS) is 12.1. The van der Waals surface area contributed by atoms with Crippen molar-refractivity contribution in [1.29, 1.82) is 0 Å². The Balaban J connectivity index is 1.90. The average Bonchev–Trinajstić information content (AvgIpc) is 2.54. The first kappa shape index (κ1) is 16.6. The number of aromatic nitrogens is 2. The van der Waals surface area contributed by atoms with Gasteiger partial charge in [-0.25, -0.2) is 0 Å². The Morgan fingerprint density at radius 3 is 2.71 bits per heavy atom. The molecule has 3 aromatic rings. The van der Waals surface area contributed by atoms with E-state index >= 15 is 0 Å². The fourth-order valence-corrected chi connectivity index (χ4v) is 3.33. The molecule has 0 bridgehead atoms. The minimum Gasteiger partial charge on any atom is -0.345 e. The SMILES string of the molecule is C[C@H](NC(=O)c1ccc2c(=O)[nH]c(=S)[nH]c2c1)c1ccccc1Br. The highest BCUT2D eigenvalue weighted by Crippen LogP contribution is 2.23. The number of H-pyrrole nitrogens is 2. The molecular weight excluding hydrogens is 390 g/mol. The lowest BCUT2D eigenvalue weighted by Crippen LogP contribution is -2.27. The lowest BCUT2D eigenvalue weighted by Gasteiger charge is -2.16. The molecule has 7 heteroatoms. The predicted octanol–water partition coefficient (Wildman–Crippen LogP) is 3.84. The van der Waals surface area contributed by atoms with Gasteiger partial charge in [-0.3, -0.25) is 14.6 Å². The van der Waals surface area contributed by atoms with Crippen LogP contribution in [-0.2, 0) is 0 Å². The lowest BCUT2D eigenvalue weighted by atomic mass is 10.1. The topological polar surface area (TPSA) is 77.8 Å². The predicted molar refractivity (Wildman–Crippen MR) is 99.8 cm³/mol. The van der Waals surface area contributed by atoms with Crippen LogP contribution in [0, 0.1) is 4.77 Å². The van der Waals surface area contributed by atoms with E-state index in [1.165, 1.54) is 0 Å². The first-order chi connectivity index (χ1) is 11.5. The number of hydrogen-bond donors (Lipinski definition) is 3. The molecule has 0 saturated heterocycles. The first-order valence-corrected chi connectivity index (χ1v) is 8.47. The first-order valence-electron chi connectivity index (χ1n) is 7.27. The third-order valence-electron chi connectivity index (χ3n) is 3.72. The van der Waals surface area contributed by atoms with Gasteiger partial charge in [0.1, 0.15) is 0 Å². The standard InChI is InChI=1S/C17H14BrN3O2S/c1-9(11-4-2-3-5-13(11)18)19-15(22)10-6-7-12-14(8-10)20-17(24)21-16(12)23/h2-9H,1H3,(H,19,22)(H2,20,21,23,24)/t9-/m0/s1. The largest absolute Gasteiger partial charge is 0.345 e. The number of nitrogens with one attached hydrogen (secondary N) is 3. The van der Waals surface area contributed by atoms with E-state index in [1.807, 2.05) is 31.2 Å². The van der Waals surface area contributed by atoms with Gasteiger partial charge >= 0.3 is 0 Å². The fraction of sp³-hybridized carbons (Fsp3) is 0.118. The molecule has 1 amide bonds. The van der Waals surface area contributed by atoms with Crippen LogP contribution < -0.4 is 10.9 Å². The fourth-order valence-electron chi connectivity index (χ4n) is 2.49. The van der Waals surface area contributed by atoms with Crippen molar-refractivity contribution >= 4 is 45.0 Å². The summed E-state index contributed by atoms with van der Waals surface area (Å²) < 4.78 is 1.17. The van der Waals surface area contributed by atoms with Gasteiger partial charge in [-0.1, -0.05) is 34.1 Å². The Labute approximate surface area is 151 Å². The second-order valence-electron chi connectivity index (χ2n) is 5.39. The molecule has 122 valence electrons. The van der Waals surface area contributed by atoms with Crippen LogP contribution in [0.4, 0.5) is 0 Å². The summed E-state index contributed by atoms with van der Waals surface area (Å²) in [6.45, 7) is 1.91. The number of carbonyl (C=O) groups excluding carboxylic acids is 1. The zero-order chi connectivity index (χ0) is 17.3. The molecule has 1 heterocycles. The van der Waals surface area contributed by atoms with Gasteiger partial charge in [0, 0.05) is 10.0 Å². The van der Waals surface area contributed by atoms with Crippen LogP contribution in [-0.4, -0.2) is 15.9 Å². The van der Waals surface area contributed by atoms with Crippen molar-refractivity contribution < 1.29 is 4.79 Å². The van der Waals surface area contributed by atoms with E-state index in [9.17, 15) is 9.59 Å². The Kier molecular flexibility index (Phi) is 4.64. The van der Waals surface area contributed by atoms with Crippen molar-refractivity contribution in [2.75, 3.05) is 0 Å². The van der Waals surface area contributed by atoms with E-state index in [0.29, 0.717) is 16.5 Å². The number of benzene rings is 2. The van der Waals surface area contributed by atoms with Gasteiger partial charge < -0.3 is 10.3 Å². The number of amides is 1. The summed E-state index contributed by atoms with van der Waals surface area (Å²) >= 11 is 8.45. The molecular formula is C17H14BrN3O2S. The molecule has 1 aromatic heterocycles. The zero-order valence-corrected chi connectivity index (χ0v) is 15.1. The summed E-state index contributed by atoms with van der Waals surface area (Å²) in [4.78, 5) is 29.7. The van der Waals surface area contributed by atoms with Crippen molar-refractivity contribution in [3.8, 4) is 0 Å². The van der Waals surface area contributed by atoms with Gasteiger partial charge in [0.2, 0.25) is 0 Å². The van der Waals surface area contributed by atoms with Crippen molar-refractivity contribution in [1.82, 2.24) is 15.3 Å². The molecule has 0 aliphatic heterocycles. The number of aromatic amines is 2. The van der Waals surface area contributed by atoms with Gasteiger partial charge in [0.25, 0.3) is 11.5 Å². The minimum atomic E-state index is -0.276. The maximum atomic E-state index is 12.5. The Hall–Kier alpha value is -2.25. The van der Waals surface area contributed by atoms with Crippen LogP contribution in [0.2, 0.25) is 0 Å². The highest BCUT2D eigenvalue weighted by molar-refractivity contribution is 9.10. The number of fused-ring (bicyclic) bond motifs is 1. The second kappa shape index (κ2) is 6.70. The highest BCUT2D eigenvalue weighted by atomic mass is 79.9. The Morgan fingerprint density at radius 2 is 1.96 bits per heavy atom. The summed E-state index contributed by atoms with van der Waals surface area (Å²) in [7, 11) is 0. The van der Waals surface area contributed by atoms with Gasteiger partial charge in [0.15, 0.2) is 4.77 Å². The summed E-state index contributed by atoms with van der Waals surface area (Å²) in [6, 6.07) is 12.4. The molecule has 24 heavy (non-hydrogen) atoms. The molecule has 0 aliphatic rings. The lowest BCUT2D eigenvalue weighted by molar-refractivity contribution is 0.0940. The van der Waals surface area contributed by atoms with Crippen molar-refractivity contribution in [3.05, 3.63) is 73.2 Å². The van der Waals surface area contributed by atoms with Crippen molar-refractivity contribution in [2.24, 2.45) is 0 Å². The van der Waals surface area contributed by atoms with Gasteiger partial charge in [-0.15, -0.1) is 0 Å². The molecule has 0 spiro atoms. The van der Waals surface area contributed by atoms with E-state index in [0.717, 1.165) is 10.0 Å². The van der Waals surface area contributed by atoms with E-state index < -0.39 is 0 Å². The maximum Gasteiger partial charge on any atom is 0.259 e. The number of carbonyl (C=O) groups is 1. The van der Waals surface area contributed by atoms with Crippen LogP contribution in [0.15, 0.2) is 51.7 Å². The monoisotopic (exact) mass is 403 g/mol. The summed E-state index contributed by atoms with van der Waals surface area (Å²) in [5, 5.41) is 3.41. The zero-order valence-electron chi connectivity index (χ0n) is 12.7. The smallest absolute Gasteiger partial charge is 0.259 e. The molecule has 0 radical (unpaired) electrons. The summed E-state index contributed by atoms with van der Waals surface area (Å²) in [5.74, 6) is -0.222. The highest BCUT2D eigenvalue weighted by Gasteiger charge is 2.14. The molecule has 2 aromatic carbocycles. The third kappa shape index (κ3) is 3.32. The van der Waals surface area contributed by atoms with Crippen LogP contribution in [0.5, 0.6) is 0 Å². The quantitative estimate of drug-likeness (QED) is 0.581. The Morgan fingerprint density at radius 1 is 1.21 bits per heavy atom. The van der Waals surface area contributed by atoms with Crippen LogP contribution in [0.1, 0.15) is 28.9 Å². The van der Waals surface area contributed by atoms with Crippen molar-refractivity contribution in [3.63, 3.8) is 0 Å². The molecule has 5 nitrogen and oxygen atoms in total. The maximum absolute atomic E-state index is 12.5. The second-order valence-corrected chi connectivity index (χ2v) is 6.65. The van der Waals surface area contributed by atoms with E-state index in [4.69, 9.17) is 12.2 Å². The van der Waals surface area contributed by atoms with Crippen LogP contribution in [0.25, 0.3) is 10.9 Å². The third-order valence-corrected chi connectivity index (χ3v) is 4.65. The van der Waals surface area contributed by atoms with Gasteiger partial charge in [-0.05, 0) is 49.0 Å². The van der Waals surface area contributed by atoms with Crippen molar-refractivity contribution in [2.45, 2.75) is 13.0 Å². The van der Waals surface area contributed by atoms with E-state index in [2.05, 4.69) is 31.2 Å². The molecule has 3 rings (SSSR count). The van der Waals surface area contributed by atoms with E-state index in [1.54, 1.807) is 18.2 Å². The Bertz CT molecular complexity index is 1040. The summed E-state index contributed by atoms with van der Waals surface area (Å²) in [6.07, 6.45) is 0. The molecule has 0 fully saturated rings. The minimum absolute atomic E-state index is 0.165.